The van der Waals surface area contributed by atoms with Crippen molar-refractivity contribution in [3.63, 3.8) is 0 Å². The number of hydrogen-bond acceptors (Lipinski definition) is 2. The fourth-order valence-corrected chi connectivity index (χ4v) is 11.0. The predicted octanol–water partition coefficient (Wildman–Crippen LogP) is 15.1. The number of para-hydroxylation sites is 1. The normalized spacial score (nSPS) is 14.7. The van der Waals surface area contributed by atoms with E-state index in [-0.39, 0.29) is 10.8 Å². The summed E-state index contributed by atoms with van der Waals surface area (Å²) in [4.78, 5) is 2.60. The lowest BCUT2D eigenvalue weighted by Crippen LogP contribution is -2.17. The summed E-state index contributed by atoms with van der Waals surface area (Å²) >= 11 is 1.90. The maximum absolute atomic E-state index is 2.60. The minimum absolute atomic E-state index is 0.120. The van der Waals surface area contributed by atoms with E-state index in [1.54, 1.807) is 0 Å². The van der Waals surface area contributed by atoms with Crippen LogP contribution in [0.2, 0.25) is 0 Å². The molecule has 1 heterocycles. The summed E-state index contributed by atoms with van der Waals surface area (Å²) in [5.74, 6) is 0. The van der Waals surface area contributed by atoms with Gasteiger partial charge in [0.25, 0.3) is 0 Å². The monoisotopic (exact) mass is 713 g/mol. The molecule has 0 aliphatic heterocycles. The van der Waals surface area contributed by atoms with Crippen LogP contribution in [0.3, 0.4) is 0 Å². The molecule has 0 spiro atoms. The van der Waals surface area contributed by atoms with Crippen LogP contribution < -0.4 is 4.90 Å². The summed E-state index contributed by atoms with van der Waals surface area (Å²) in [6.07, 6.45) is 4.50. The quantitative estimate of drug-likeness (QED) is 0.172. The van der Waals surface area contributed by atoms with Gasteiger partial charge in [0.2, 0.25) is 0 Å². The van der Waals surface area contributed by atoms with Crippen molar-refractivity contribution in [2.75, 3.05) is 4.90 Å². The number of rotatable bonds is 5. The molecule has 0 atom stereocenters. The Morgan fingerprint density at radius 1 is 0.500 bits per heavy atom. The van der Waals surface area contributed by atoms with Gasteiger partial charge in [0.1, 0.15) is 0 Å². The van der Waals surface area contributed by atoms with Gasteiger partial charge >= 0.3 is 0 Å². The standard InChI is InChI=1S/C52H43NS/c1-7-18-33-32(2)38(31-47-48(33)37-22-11-15-30-46(37)54-47)34-19-10-14-27-43(34)53(44-28-16-25-41-49(44)35-20-8-12-23-39(35)51(41,3)4)45-29-17-26-42-50(45)36-21-9-13-24-40(36)52(42,5)6/h7-31H,1-6H3/b18-7-. The second-order valence-electron chi connectivity index (χ2n) is 16.0. The van der Waals surface area contributed by atoms with Crippen molar-refractivity contribution in [1.29, 1.82) is 0 Å². The first-order valence-electron chi connectivity index (χ1n) is 19.2. The number of anilines is 3. The van der Waals surface area contributed by atoms with Gasteiger partial charge in [-0.15, -0.1) is 11.3 Å². The third-order valence-electron chi connectivity index (χ3n) is 12.4. The maximum atomic E-state index is 2.60. The lowest BCUT2D eigenvalue weighted by molar-refractivity contribution is 0.660. The molecule has 262 valence electrons. The molecule has 8 aromatic rings. The Kier molecular flexibility index (Phi) is 7.25. The van der Waals surface area contributed by atoms with E-state index in [0.29, 0.717) is 0 Å². The SMILES string of the molecule is C/C=C\c1c(C)c(-c2ccccc2N(c2cccc3c2-c2ccccc2C3(C)C)c2cccc3c2-c2ccccc2C3(C)C)cc2sc3ccccc3c12. The lowest BCUT2D eigenvalue weighted by atomic mass is 9.82. The summed E-state index contributed by atoms with van der Waals surface area (Å²) in [6.45, 7) is 14.0. The van der Waals surface area contributed by atoms with E-state index in [1.807, 2.05) is 11.3 Å². The Morgan fingerprint density at radius 3 is 1.61 bits per heavy atom. The molecule has 0 N–H and O–H groups in total. The minimum Gasteiger partial charge on any atom is -0.309 e. The predicted molar refractivity (Wildman–Crippen MR) is 234 cm³/mol. The molecule has 2 aliphatic carbocycles. The zero-order valence-corrected chi connectivity index (χ0v) is 32.6. The first kappa shape index (κ1) is 32.9. The summed E-state index contributed by atoms with van der Waals surface area (Å²) in [7, 11) is 0. The van der Waals surface area contributed by atoms with Gasteiger partial charge in [-0.25, -0.2) is 0 Å². The Balaban J connectivity index is 1.32. The summed E-state index contributed by atoms with van der Waals surface area (Å²) < 4.78 is 2.64. The van der Waals surface area contributed by atoms with Crippen molar-refractivity contribution in [3.8, 4) is 33.4 Å². The number of thiophene rings is 1. The van der Waals surface area contributed by atoms with Crippen LogP contribution in [-0.2, 0) is 10.8 Å². The minimum atomic E-state index is -0.120. The molecule has 7 aromatic carbocycles. The van der Waals surface area contributed by atoms with Gasteiger partial charge in [-0.1, -0.05) is 149 Å². The van der Waals surface area contributed by atoms with Crippen molar-refractivity contribution >= 4 is 54.6 Å². The van der Waals surface area contributed by atoms with Gasteiger partial charge in [-0.05, 0) is 94.3 Å². The van der Waals surface area contributed by atoms with Gasteiger partial charge in [0.05, 0.1) is 17.1 Å². The summed E-state index contributed by atoms with van der Waals surface area (Å²) in [5, 5.41) is 2.68. The van der Waals surface area contributed by atoms with Crippen molar-refractivity contribution in [3.05, 3.63) is 179 Å². The van der Waals surface area contributed by atoms with Gasteiger partial charge in [0.15, 0.2) is 0 Å². The topological polar surface area (TPSA) is 3.24 Å². The Hall–Kier alpha value is -5.70. The number of nitrogens with zero attached hydrogens (tertiary/aromatic N) is 1. The van der Waals surface area contributed by atoms with E-state index < -0.39 is 0 Å². The fourth-order valence-electron chi connectivity index (χ4n) is 9.80. The lowest BCUT2D eigenvalue weighted by Gasteiger charge is -2.33. The van der Waals surface area contributed by atoms with Gasteiger partial charge < -0.3 is 4.90 Å². The highest BCUT2D eigenvalue weighted by atomic mass is 32.1. The zero-order valence-electron chi connectivity index (χ0n) is 31.8. The third kappa shape index (κ3) is 4.50. The van der Waals surface area contributed by atoms with Crippen LogP contribution in [0.4, 0.5) is 17.1 Å². The molecule has 1 aromatic heterocycles. The first-order chi connectivity index (χ1) is 26.2. The Bertz CT molecular complexity index is 2750. The molecule has 54 heavy (non-hydrogen) atoms. The fraction of sp³-hybridized carbons (Fsp3) is 0.154. The second kappa shape index (κ2) is 11.9. The van der Waals surface area contributed by atoms with Crippen LogP contribution >= 0.6 is 11.3 Å². The van der Waals surface area contributed by atoms with E-state index in [0.717, 1.165) is 0 Å². The maximum Gasteiger partial charge on any atom is 0.0543 e. The molecule has 2 heteroatoms. The molecule has 1 nitrogen and oxygen atoms in total. The van der Waals surface area contributed by atoms with Crippen LogP contribution in [0.15, 0.2) is 146 Å². The van der Waals surface area contributed by atoms with Crippen molar-refractivity contribution in [1.82, 2.24) is 0 Å². The van der Waals surface area contributed by atoms with Crippen LogP contribution in [0.25, 0.3) is 59.6 Å². The van der Waals surface area contributed by atoms with Crippen molar-refractivity contribution in [2.45, 2.75) is 52.4 Å². The molecule has 0 fully saturated rings. The van der Waals surface area contributed by atoms with E-state index in [9.17, 15) is 0 Å². The highest BCUT2D eigenvalue weighted by Gasteiger charge is 2.41. The van der Waals surface area contributed by atoms with E-state index >= 15 is 0 Å². The largest absolute Gasteiger partial charge is 0.309 e. The molecule has 0 saturated carbocycles. The van der Waals surface area contributed by atoms with Crippen molar-refractivity contribution < 1.29 is 0 Å². The first-order valence-corrected chi connectivity index (χ1v) is 20.0. The Labute approximate surface area is 322 Å². The second-order valence-corrected chi connectivity index (χ2v) is 17.1. The highest BCUT2D eigenvalue weighted by Crippen LogP contribution is 2.59. The Morgan fingerprint density at radius 2 is 1.00 bits per heavy atom. The van der Waals surface area contributed by atoms with Gasteiger partial charge in [-0.2, -0.15) is 0 Å². The summed E-state index contributed by atoms with van der Waals surface area (Å²) in [5.41, 5.74) is 19.2. The molecule has 0 saturated heterocycles. The molecule has 10 rings (SSSR count). The molecule has 2 aliphatic rings. The molecule has 0 bridgehead atoms. The number of hydrogen-bond donors (Lipinski definition) is 0. The van der Waals surface area contributed by atoms with Crippen LogP contribution in [0, 0.1) is 6.92 Å². The average Bonchev–Trinajstić information content (AvgIpc) is 3.76. The van der Waals surface area contributed by atoms with E-state index in [2.05, 4.69) is 198 Å². The molecule has 0 amide bonds. The van der Waals surface area contributed by atoms with Gasteiger partial charge in [-0.3, -0.25) is 0 Å². The number of allylic oxidation sites excluding steroid dienone is 1. The molecular weight excluding hydrogens is 671 g/mol. The average molecular weight is 714 g/mol. The van der Waals surface area contributed by atoms with Crippen LogP contribution in [-0.4, -0.2) is 0 Å². The third-order valence-corrected chi connectivity index (χ3v) is 13.5. The van der Waals surface area contributed by atoms with Crippen molar-refractivity contribution in [2.24, 2.45) is 0 Å². The van der Waals surface area contributed by atoms with Crippen LogP contribution in [0.1, 0.15) is 68.0 Å². The number of fused-ring (bicyclic) bond motifs is 9. The van der Waals surface area contributed by atoms with E-state index in [1.165, 1.54) is 104 Å². The van der Waals surface area contributed by atoms with Gasteiger partial charge in [0, 0.05) is 47.7 Å². The highest BCUT2D eigenvalue weighted by molar-refractivity contribution is 7.25. The summed E-state index contributed by atoms with van der Waals surface area (Å²) in [6, 6.07) is 52.5. The number of benzene rings is 7. The van der Waals surface area contributed by atoms with Crippen LogP contribution in [0.5, 0.6) is 0 Å². The van der Waals surface area contributed by atoms with E-state index in [4.69, 9.17) is 0 Å². The smallest absolute Gasteiger partial charge is 0.0543 e. The molecule has 0 radical (unpaired) electrons. The molecular formula is C52H43NS. The molecule has 0 unspecified atom stereocenters. The zero-order chi connectivity index (χ0) is 36.9.